The van der Waals surface area contributed by atoms with Crippen LogP contribution in [0.5, 0.6) is 0 Å². The quantitative estimate of drug-likeness (QED) is 0.828. The topological polar surface area (TPSA) is 65.8 Å². The molecule has 22 heavy (non-hydrogen) atoms. The number of hydrogen-bond donors (Lipinski definition) is 1. The molecule has 0 bridgehead atoms. The van der Waals surface area contributed by atoms with Crippen molar-refractivity contribution >= 4 is 11.9 Å². The van der Waals surface area contributed by atoms with E-state index in [9.17, 15) is 14.7 Å². The normalized spacial score (nSPS) is 10.7. The summed E-state index contributed by atoms with van der Waals surface area (Å²) in [5.41, 5.74) is 0.854. The highest BCUT2D eigenvalue weighted by Crippen LogP contribution is 2.11. The zero-order valence-electron chi connectivity index (χ0n) is 12.6. The van der Waals surface area contributed by atoms with Gasteiger partial charge in [0.1, 0.15) is 5.69 Å². The minimum atomic E-state index is -1.10. The van der Waals surface area contributed by atoms with Crippen molar-refractivity contribution in [3.05, 3.63) is 59.9 Å². The van der Waals surface area contributed by atoms with Crippen LogP contribution >= 0.6 is 0 Å². The Balaban J connectivity index is 2.30. The fourth-order valence-corrected chi connectivity index (χ4v) is 2.09. The van der Waals surface area contributed by atoms with E-state index in [2.05, 4.69) is 0 Å². The van der Waals surface area contributed by atoms with E-state index in [1.54, 1.807) is 42.6 Å². The SMILES string of the molecule is CN(C)CCN(C(=O)O)n1cccc1C(=O)c1ccccc1. The van der Waals surface area contributed by atoms with Crippen LogP contribution in [-0.4, -0.2) is 53.7 Å². The lowest BCUT2D eigenvalue weighted by Gasteiger charge is -2.24. The first kappa shape index (κ1) is 15.8. The second-order valence-corrected chi connectivity index (χ2v) is 5.14. The van der Waals surface area contributed by atoms with Gasteiger partial charge >= 0.3 is 6.09 Å². The Morgan fingerprint density at radius 3 is 2.32 bits per heavy atom. The summed E-state index contributed by atoms with van der Waals surface area (Å²) in [4.78, 5) is 25.9. The Hall–Kier alpha value is -2.60. The maximum atomic E-state index is 12.5. The van der Waals surface area contributed by atoms with E-state index in [4.69, 9.17) is 0 Å². The summed E-state index contributed by atoms with van der Waals surface area (Å²) in [5.74, 6) is -0.207. The monoisotopic (exact) mass is 301 g/mol. The third-order valence-corrected chi connectivity index (χ3v) is 3.24. The molecule has 0 aliphatic carbocycles. The molecule has 6 nitrogen and oxygen atoms in total. The molecule has 2 aromatic rings. The summed E-state index contributed by atoms with van der Waals surface area (Å²) in [6.07, 6.45) is 0.486. The van der Waals surface area contributed by atoms with Crippen molar-refractivity contribution in [3.8, 4) is 0 Å². The molecular weight excluding hydrogens is 282 g/mol. The van der Waals surface area contributed by atoms with Crippen LogP contribution in [0, 0.1) is 0 Å². The highest BCUT2D eigenvalue weighted by molar-refractivity contribution is 6.08. The second-order valence-electron chi connectivity index (χ2n) is 5.14. The minimum Gasteiger partial charge on any atom is -0.464 e. The summed E-state index contributed by atoms with van der Waals surface area (Å²) in [5, 5.41) is 10.5. The maximum Gasteiger partial charge on any atom is 0.426 e. The molecule has 0 radical (unpaired) electrons. The Morgan fingerprint density at radius 1 is 1.05 bits per heavy atom. The lowest BCUT2D eigenvalue weighted by molar-refractivity contribution is 0.103. The molecule has 1 N–H and O–H groups in total. The van der Waals surface area contributed by atoms with Gasteiger partial charge in [0.15, 0.2) is 0 Å². The number of carboxylic acid groups (broad SMARTS) is 1. The van der Waals surface area contributed by atoms with Crippen LogP contribution in [0.2, 0.25) is 0 Å². The third-order valence-electron chi connectivity index (χ3n) is 3.24. The molecule has 116 valence electrons. The van der Waals surface area contributed by atoms with Crippen LogP contribution < -0.4 is 5.01 Å². The molecule has 0 aliphatic heterocycles. The van der Waals surface area contributed by atoms with E-state index in [0.717, 1.165) is 5.01 Å². The van der Waals surface area contributed by atoms with Gasteiger partial charge in [0.25, 0.3) is 0 Å². The Labute approximate surface area is 129 Å². The highest BCUT2D eigenvalue weighted by Gasteiger charge is 2.20. The number of benzene rings is 1. The van der Waals surface area contributed by atoms with Gasteiger partial charge in [-0.1, -0.05) is 30.3 Å². The molecule has 0 fully saturated rings. The Kier molecular flexibility index (Phi) is 4.95. The number of amides is 1. The molecule has 1 amide bonds. The lowest BCUT2D eigenvalue weighted by Crippen LogP contribution is -2.44. The number of aromatic nitrogens is 1. The average Bonchev–Trinajstić information content (AvgIpc) is 2.96. The number of carbonyl (C=O) groups is 2. The predicted molar refractivity (Wildman–Crippen MR) is 84.0 cm³/mol. The summed E-state index contributed by atoms with van der Waals surface area (Å²) < 4.78 is 1.39. The Bertz CT molecular complexity index is 650. The summed E-state index contributed by atoms with van der Waals surface area (Å²) in [6, 6.07) is 12.1. The van der Waals surface area contributed by atoms with Crippen LogP contribution in [0.15, 0.2) is 48.7 Å². The fourth-order valence-electron chi connectivity index (χ4n) is 2.09. The smallest absolute Gasteiger partial charge is 0.426 e. The molecule has 0 aliphatic rings. The van der Waals surface area contributed by atoms with Crippen molar-refractivity contribution in [2.45, 2.75) is 0 Å². The zero-order chi connectivity index (χ0) is 16.1. The zero-order valence-corrected chi connectivity index (χ0v) is 12.6. The van der Waals surface area contributed by atoms with Gasteiger partial charge in [-0.05, 0) is 26.2 Å². The van der Waals surface area contributed by atoms with Crippen LogP contribution in [0.25, 0.3) is 0 Å². The number of carbonyl (C=O) groups excluding carboxylic acids is 1. The Morgan fingerprint density at radius 2 is 1.73 bits per heavy atom. The van der Waals surface area contributed by atoms with Crippen molar-refractivity contribution in [2.24, 2.45) is 0 Å². The molecule has 1 heterocycles. The van der Waals surface area contributed by atoms with Crippen molar-refractivity contribution < 1.29 is 14.7 Å². The van der Waals surface area contributed by atoms with Gasteiger partial charge < -0.3 is 10.0 Å². The third kappa shape index (κ3) is 3.53. The van der Waals surface area contributed by atoms with Crippen molar-refractivity contribution in [3.63, 3.8) is 0 Å². The largest absolute Gasteiger partial charge is 0.464 e. The van der Waals surface area contributed by atoms with Gasteiger partial charge in [0.2, 0.25) is 5.78 Å². The average molecular weight is 301 g/mol. The molecule has 1 aromatic heterocycles. The first-order valence-electron chi connectivity index (χ1n) is 6.93. The van der Waals surface area contributed by atoms with Crippen LogP contribution in [0.4, 0.5) is 4.79 Å². The van der Waals surface area contributed by atoms with Gasteiger partial charge in [0.05, 0.1) is 6.54 Å². The van der Waals surface area contributed by atoms with E-state index in [0.29, 0.717) is 17.8 Å². The number of ketones is 1. The van der Waals surface area contributed by atoms with E-state index >= 15 is 0 Å². The summed E-state index contributed by atoms with van der Waals surface area (Å²) >= 11 is 0. The van der Waals surface area contributed by atoms with Gasteiger partial charge in [-0.15, -0.1) is 0 Å². The molecule has 0 saturated heterocycles. The molecule has 6 heteroatoms. The predicted octanol–water partition coefficient (Wildman–Crippen LogP) is 1.90. The number of rotatable bonds is 6. The molecule has 0 saturated carbocycles. The van der Waals surface area contributed by atoms with E-state index in [1.807, 2.05) is 25.1 Å². The molecule has 1 aromatic carbocycles. The van der Waals surface area contributed by atoms with E-state index in [-0.39, 0.29) is 12.3 Å². The fraction of sp³-hybridized carbons (Fsp3) is 0.250. The number of nitrogens with zero attached hydrogens (tertiary/aromatic N) is 3. The number of hydrogen-bond acceptors (Lipinski definition) is 3. The van der Waals surface area contributed by atoms with Gasteiger partial charge in [0, 0.05) is 18.3 Å². The van der Waals surface area contributed by atoms with Crippen molar-refractivity contribution in [1.82, 2.24) is 9.58 Å². The van der Waals surface area contributed by atoms with Crippen molar-refractivity contribution in [2.75, 3.05) is 32.2 Å². The van der Waals surface area contributed by atoms with Crippen LogP contribution in [-0.2, 0) is 0 Å². The van der Waals surface area contributed by atoms with E-state index < -0.39 is 6.09 Å². The summed E-state index contributed by atoms with van der Waals surface area (Å²) in [7, 11) is 3.73. The molecule has 0 spiro atoms. The van der Waals surface area contributed by atoms with Crippen LogP contribution in [0.1, 0.15) is 16.1 Å². The van der Waals surface area contributed by atoms with E-state index in [1.165, 1.54) is 4.68 Å². The second kappa shape index (κ2) is 6.91. The maximum absolute atomic E-state index is 12.5. The molecule has 0 atom stereocenters. The summed E-state index contributed by atoms with van der Waals surface area (Å²) in [6.45, 7) is 0.829. The van der Waals surface area contributed by atoms with Crippen molar-refractivity contribution in [1.29, 1.82) is 0 Å². The minimum absolute atomic E-state index is 0.207. The first-order chi connectivity index (χ1) is 10.5. The highest BCUT2D eigenvalue weighted by atomic mass is 16.4. The lowest BCUT2D eigenvalue weighted by atomic mass is 10.1. The molecule has 2 rings (SSSR count). The standard InChI is InChI=1S/C16H19N3O3/c1-17(2)11-12-19(16(21)22)18-10-6-9-14(18)15(20)13-7-4-3-5-8-13/h3-10H,11-12H2,1-2H3,(H,21,22). The molecule has 0 unspecified atom stereocenters. The first-order valence-corrected chi connectivity index (χ1v) is 6.93. The van der Waals surface area contributed by atoms with Gasteiger partial charge in [-0.2, -0.15) is 0 Å². The van der Waals surface area contributed by atoms with Crippen LogP contribution in [0.3, 0.4) is 0 Å². The molecular formula is C16H19N3O3. The van der Waals surface area contributed by atoms with Gasteiger partial charge in [-0.25, -0.2) is 9.80 Å². The van der Waals surface area contributed by atoms with Gasteiger partial charge in [-0.3, -0.25) is 9.47 Å². The number of likely N-dealkylation sites (N-methyl/N-ethyl adjacent to an activating group) is 1.